The fraction of sp³-hybridized carbons (Fsp3) is 0.333. The topological polar surface area (TPSA) is 38.0 Å². The van der Waals surface area contributed by atoms with Crippen molar-refractivity contribution < 1.29 is 4.39 Å². The Labute approximate surface area is 70.6 Å². The summed E-state index contributed by atoms with van der Waals surface area (Å²) in [5.74, 6) is -0.165. The second-order valence-corrected chi connectivity index (χ2v) is 3.08. The molecule has 0 amide bonds. The van der Waals surface area contributed by atoms with Gasteiger partial charge in [0, 0.05) is 17.3 Å². The number of rotatable bonds is 1. The molecule has 1 aliphatic rings. The molecule has 0 bridgehead atoms. The fourth-order valence-corrected chi connectivity index (χ4v) is 1.38. The first-order valence-corrected chi connectivity index (χ1v) is 4.05. The van der Waals surface area contributed by atoms with E-state index in [-0.39, 0.29) is 11.9 Å². The van der Waals surface area contributed by atoms with Crippen molar-refractivity contribution in [1.29, 1.82) is 0 Å². The van der Waals surface area contributed by atoms with E-state index in [1.165, 1.54) is 6.07 Å². The first-order chi connectivity index (χ1) is 5.77. The average Bonchev–Trinajstić information content (AvgIpc) is 1.93. The number of anilines is 1. The van der Waals surface area contributed by atoms with Gasteiger partial charge in [0.25, 0.3) is 0 Å². The molecule has 1 fully saturated rings. The Bertz CT molecular complexity index is 295. The van der Waals surface area contributed by atoms with E-state index in [9.17, 15) is 4.39 Å². The van der Waals surface area contributed by atoms with Gasteiger partial charge in [0.15, 0.2) is 0 Å². The molecule has 1 aromatic rings. The predicted molar refractivity (Wildman–Crippen MR) is 46.2 cm³/mol. The summed E-state index contributed by atoms with van der Waals surface area (Å²) >= 11 is 0. The Balaban J connectivity index is 2.34. The van der Waals surface area contributed by atoms with Gasteiger partial charge in [-0.1, -0.05) is 0 Å². The maximum absolute atomic E-state index is 13.1. The maximum Gasteiger partial charge on any atom is 0.128 e. The van der Waals surface area contributed by atoms with Gasteiger partial charge in [-0.25, -0.2) is 4.39 Å². The minimum Gasteiger partial charge on any atom is -0.399 e. The summed E-state index contributed by atoms with van der Waals surface area (Å²) in [5, 5.41) is 3.13. The van der Waals surface area contributed by atoms with E-state index >= 15 is 0 Å². The van der Waals surface area contributed by atoms with Crippen molar-refractivity contribution in [2.75, 3.05) is 12.3 Å². The van der Waals surface area contributed by atoms with Gasteiger partial charge >= 0.3 is 0 Å². The predicted octanol–water partition coefficient (Wildman–Crippen LogP) is 1.44. The zero-order chi connectivity index (χ0) is 8.55. The van der Waals surface area contributed by atoms with Crippen molar-refractivity contribution in [2.24, 2.45) is 0 Å². The standard InChI is InChI=1S/C9H11FN2/c10-8-2-1-6(11)5-7(8)9-3-4-12-9/h1-2,5,9,12H,3-4,11H2/t9-/m0/s1. The Hall–Kier alpha value is -1.09. The molecule has 2 rings (SSSR count). The summed E-state index contributed by atoms with van der Waals surface area (Å²) in [6.07, 6.45) is 1.00. The minimum absolute atomic E-state index is 0.165. The van der Waals surface area contributed by atoms with E-state index in [4.69, 9.17) is 5.73 Å². The molecule has 0 aromatic heterocycles. The molecule has 1 aliphatic heterocycles. The molecule has 1 saturated heterocycles. The molecule has 3 N–H and O–H groups in total. The third-order valence-corrected chi connectivity index (χ3v) is 2.22. The number of hydrogen-bond donors (Lipinski definition) is 2. The molecule has 0 radical (unpaired) electrons. The second kappa shape index (κ2) is 2.75. The Kier molecular flexibility index (Phi) is 1.73. The second-order valence-electron chi connectivity index (χ2n) is 3.08. The van der Waals surface area contributed by atoms with Crippen LogP contribution in [0.4, 0.5) is 10.1 Å². The number of nitrogens with two attached hydrogens (primary N) is 1. The van der Waals surface area contributed by atoms with Crippen LogP contribution in [0.2, 0.25) is 0 Å². The van der Waals surface area contributed by atoms with Gasteiger partial charge in [-0.05, 0) is 31.2 Å². The summed E-state index contributed by atoms with van der Waals surface area (Å²) < 4.78 is 13.1. The van der Waals surface area contributed by atoms with Crippen LogP contribution in [0.3, 0.4) is 0 Å². The van der Waals surface area contributed by atoms with Gasteiger partial charge in [-0.15, -0.1) is 0 Å². The number of halogens is 1. The molecule has 1 aromatic carbocycles. The zero-order valence-corrected chi connectivity index (χ0v) is 6.68. The first kappa shape index (κ1) is 7.55. The Morgan fingerprint density at radius 3 is 2.83 bits per heavy atom. The van der Waals surface area contributed by atoms with E-state index in [1.807, 2.05) is 0 Å². The van der Waals surface area contributed by atoms with Crippen LogP contribution in [-0.2, 0) is 0 Å². The van der Waals surface area contributed by atoms with Crippen molar-refractivity contribution in [1.82, 2.24) is 5.32 Å². The zero-order valence-electron chi connectivity index (χ0n) is 6.68. The third kappa shape index (κ3) is 1.16. The number of benzene rings is 1. The van der Waals surface area contributed by atoms with E-state index < -0.39 is 0 Å². The summed E-state index contributed by atoms with van der Waals surface area (Å²) in [5.41, 5.74) is 6.87. The van der Waals surface area contributed by atoms with Crippen molar-refractivity contribution in [2.45, 2.75) is 12.5 Å². The summed E-state index contributed by atoms with van der Waals surface area (Å²) in [6, 6.07) is 4.88. The van der Waals surface area contributed by atoms with E-state index in [1.54, 1.807) is 12.1 Å². The monoisotopic (exact) mass is 166 g/mol. The lowest BCUT2D eigenvalue weighted by Gasteiger charge is -2.28. The maximum atomic E-state index is 13.1. The molecule has 2 nitrogen and oxygen atoms in total. The third-order valence-electron chi connectivity index (χ3n) is 2.22. The van der Waals surface area contributed by atoms with E-state index in [2.05, 4.69) is 5.32 Å². The molecule has 0 aliphatic carbocycles. The molecule has 3 heteroatoms. The molecule has 0 unspecified atom stereocenters. The highest BCUT2D eigenvalue weighted by Gasteiger charge is 2.21. The van der Waals surface area contributed by atoms with Crippen LogP contribution in [0.5, 0.6) is 0 Å². The van der Waals surface area contributed by atoms with Gasteiger partial charge in [0.05, 0.1) is 0 Å². The molecule has 1 atom stereocenters. The number of nitrogens with one attached hydrogen (secondary N) is 1. The van der Waals surface area contributed by atoms with Crippen LogP contribution in [0.1, 0.15) is 18.0 Å². The van der Waals surface area contributed by atoms with Crippen molar-refractivity contribution >= 4 is 5.69 Å². The minimum atomic E-state index is -0.165. The summed E-state index contributed by atoms with van der Waals surface area (Å²) in [6.45, 7) is 0.971. The van der Waals surface area contributed by atoms with Gasteiger partial charge < -0.3 is 11.1 Å². The van der Waals surface area contributed by atoms with Crippen LogP contribution in [-0.4, -0.2) is 6.54 Å². The Morgan fingerprint density at radius 1 is 1.50 bits per heavy atom. The average molecular weight is 166 g/mol. The molecule has 0 spiro atoms. The van der Waals surface area contributed by atoms with E-state index in [0.717, 1.165) is 13.0 Å². The largest absolute Gasteiger partial charge is 0.399 e. The number of hydrogen-bond acceptors (Lipinski definition) is 2. The smallest absolute Gasteiger partial charge is 0.128 e. The lowest BCUT2D eigenvalue weighted by molar-refractivity contribution is 0.370. The molecule has 1 heterocycles. The normalized spacial score (nSPS) is 21.9. The highest BCUT2D eigenvalue weighted by Crippen LogP contribution is 2.26. The summed E-state index contributed by atoms with van der Waals surface area (Å²) in [4.78, 5) is 0. The molecular weight excluding hydrogens is 155 g/mol. The first-order valence-electron chi connectivity index (χ1n) is 4.05. The lowest BCUT2D eigenvalue weighted by atomic mass is 9.97. The van der Waals surface area contributed by atoms with Crippen LogP contribution >= 0.6 is 0 Å². The van der Waals surface area contributed by atoms with Gasteiger partial charge in [-0.2, -0.15) is 0 Å². The van der Waals surface area contributed by atoms with Crippen LogP contribution < -0.4 is 11.1 Å². The molecule has 12 heavy (non-hydrogen) atoms. The van der Waals surface area contributed by atoms with Gasteiger partial charge in [0.1, 0.15) is 5.82 Å². The van der Waals surface area contributed by atoms with Crippen LogP contribution in [0.25, 0.3) is 0 Å². The highest BCUT2D eigenvalue weighted by molar-refractivity contribution is 5.42. The summed E-state index contributed by atoms with van der Waals surface area (Å²) in [7, 11) is 0. The van der Waals surface area contributed by atoms with Crippen molar-refractivity contribution in [3.05, 3.63) is 29.6 Å². The van der Waals surface area contributed by atoms with Crippen LogP contribution in [0, 0.1) is 5.82 Å². The van der Waals surface area contributed by atoms with Crippen molar-refractivity contribution in [3.63, 3.8) is 0 Å². The van der Waals surface area contributed by atoms with Gasteiger partial charge in [-0.3, -0.25) is 0 Å². The fourth-order valence-electron chi connectivity index (χ4n) is 1.38. The van der Waals surface area contributed by atoms with Crippen LogP contribution in [0.15, 0.2) is 18.2 Å². The van der Waals surface area contributed by atoms with Crippen molar-refractivity contribution in [3.8, 4) is 0 Å². The molecular formula is C9H11FN2. The highest BCUT2D eigenvalue weighted by atomic mass is 19.1. The SMILES string of the molecule is Nc1ccc(F)c([C@@H]2CCN2)c1. The number of nitrogen functional groups attached to an aromatic ring is 1. The van der Waals surface area contributed by atoms with Gasteiger partial charge in [0.2, 0.25) is 0 Å². The Morgan fingerprint density at radius 2 is 2.25 bits per heavy atom. The van der Waals surface area contributed by atoms with E-state index in [0.29, 0.717) is 11.3 Å². The quantitative estimate of drug-likeness (QED) is 0.619. The lowest BCUT2D eigenvalue weighted by Crippen LogP contribution is -2.35. The molecule has 64 valence electrons. The molecule has 0 saturated carbocycles.